The number of rotatable bonds is 8. The van der Waals surface area contributed by atoms with Gasteiger partial charge in [-0.2, -0.15) is 8.78 Å². The maximum atomic E-state index is 13.1. The van der Waals surface area contributed by atoms with Crippen molar-refractivity contribution in [3.05, 3.63) is 28.3 Å². The summed E-state index contributed by atoms with van der Waals surface area (Å²) in [5.41, 5.74) is -0.775. The molecule has 0 unspecified atom stereocenters. The fourth-order valence-electron chi connectivity index (χ4n) is 2.98. The molecule has 0 spiro atoms. The van der Waals surface area contributed by atoms with Gasteiger partial charge in [-0.05, 0) is 18.6 Å². The SMILES string of the molecule is CS(=O)(=O)c1ccc(C(=O)C2C(=O)CCCC2=O)c(Cl)c1COCC(F)(F)C(F)F. The van der Waals surface area contributed by atoms with Crippen molar-refractivity contribution in [1.82, 2.24) is 0 Å². The highest BCUT2D eigenvalue weighted by molar-refractivity contribution is 7.90. The molecule has 1 aliphatic carbocycles. The number of carbonyl (C=O) groups excluding carboxylic acids is 3. The first-order valence-corrected chi connectivity index (χ1v) is 10.9. The van der Waals surface area contributed by atoms with Crippen LogP contribution in [0.4, 0.5) is 17.6 Å². The quantitative estimate of drug-likeness (QED) is 0.327. The number of sulfone groups is 1. The van der Waals surface area contributed by atoms with Gasteiger partial charge in [-0.3, -0.25) is 14.4 Å². The second-order valence-electron chi connectivity index (χ2n) is 6.81. The van der Waals surface area contributed by atoms with Crippen LogP contribution in [0.2, 0.25) is 5.02 Å². The molecule has 1 aromatic rings. The lowest BCUT2D eigenvalue weighted by molar-refractivity contribution is -0.168. The third-order valence-corrected chi connectivity index (χ3v) is 6.09. The van der Waals surface area contributed by atoms with Crippen molar-refractivity contribution in [1.29, 1.82) is 0 Å². The van der Waals surface area contributed by atoms with Crippen molar-refractivity contribution in [2.45, 2.75) is 43.1 Å². The minimum Gasteiger partial charge on any atom is -0.370 e. The molecule has 6 nitrogen and oxygen atoms in total. The van der Waals surface area contributed by atoms with Crippen molar-refractivity contribution in [3.8, 4) is 0 Å². The Balaban J connectivity index is 2.43. The van der Waals surface area contributed by atoms with E-state index in [4.69, 9.17) is 11.6 Å². The van der Waals surface area contributed by atoms with Gasteiger partial charge < -0.3 is 4.74 Å². The summed E-state index contributed by atoms with van der Waals surface area (Å²) in [5, 5.41) is -0.519. The number of halogens is 5. The first kappa shape index (κ1) is 24.4. The fourth-order valence-corrected chi connectivity index (χ4v) is 4.27. The molecule has 1 aromatic carbocycles. The molecule has 1 fully saturated rings. The van der Waals surface area contributed by atoms with E-state index in [2.05, 4.69) is 4.74 Å². The van der Waals surface area contributed by atoms with Crippen LogP contribution in [-0.4, -0.2) is 51.0 Å². The van der Waals surface area contributed by atoms with Crippen molar-refractivity contribution in [2.75, 3.05) is 12.9 Å². The summed E-state index contributed by atoms with van der Waals surface area (Å²) in [6, 6.07) is 1.96. The average Bonchev–Trinajstić information content (AvgIpc) is 2.61. The van der Waals surface area contributed by atoms with Crippen LogP contribution in [0.15, 0.2) is 17.0 Å². The number of ketones is 3. The Hall–Kier alpha value is -1.85. The molecule has 0 radical (unpaired) electrons. The van der Waals surface area contributed by atoms with Gasteiger partial charge in [0.25, 0.3) is 0 Å². The first-order valence-electron chi connectivity index (χ1n) is 8.62. The predicted molar refractivity (Wildman–Crippen MR) is 96.9 cm³/mol. The van der Waals surface area contributed by atoms with E-state index >= 15 is 0 Å². The third-order valence-electron chi connectivity index (χ3n) is 4.48. The number of benzene rings is 1. The summed E-state index contributed by atoms with van der Waals surface area (Å²) in [7, 11) is -3.97. The second kappa shape index (κ2) is 9.11. The summed E-state index contributed by atoms with van der Waals surface area (Å²) in [6.45, 7) is -2.64. The van der Waals surface area contributed by atoms with E-state index in [0.717, 1.165) is 18.4 Å². The van der Waals surface area contributed by atoms with Crippen molar-refractivity contribution in [3.63, 3.8) is 0 Å². The topological polar surface area (TPSA) is 94.6 Å². The highest BCUT2D eigenvalue weighted by Gasteiger charge is 2.41. The molecule has 0 N–H and O–H groups in total. The van der Waals surface area contributed by atoms with Crippen LogP contribution in [-0.2, 0) is 30.8 Å². The lowest BCUT2D eigenvalue weighted by Crippen LogP contribution is -2.35. The Morgan fingerprint density at radius 3 is 2.30 bits per heavy atom. The molecule has 0 saturated heterocycles. The van der Waals surface area contributed by atoms with E-state index in [1.807, 2.05) is 0 Å². The molecule has 0 aromatic heterocycles. The van der Waals surface area contributed by atoms with Gasteiger partial charge in [-0.1, -0.05) is 11.6 Å². The Bertz CT molecular complexity index is 961. The van der Waals surface area contributed by atoms with Crippen LogP contribution in [0.1, 0.15) is 35.2 Å². The van der Waals surface area contributed by atoms with Crippen LogP contribution in [0.25, 0.3) is 0 Å². The number of Topliss-reactive ketones (excluding diaryl/α,β-unsaturated/α-hetero) is 3. The zero-order chi connectivity index (χ0) is 22.9. The van der Waals surface area contributed by atoms with Crippen LogP contribution in [0, 0.1) is 5.92 Å². The highest BCUT2D eigenvalue weighted by Crippen LogP contribution is 2.33. The van der Waals surface area contributed by atoms with Gasteiger partial charge in [0.15, 0.2) is 27.2 Å². The Kier molecular flexibility index (Phi) is 7.41. The molecule has 12 heteroatoms. The highest BCUT2D eigenvalue weighted by atomic mass is 35.5. The molecule has 0 bridgehead atoms. The summed E-state index contributed by atoms with van der Waals surface area (Å²) >= 11 is 6.12. The van der Waals surface area contributed by atoms with E-state index in [-0.39, 0.29) is 18.4 Å². The predicted octanol–water partition coefficient (Wildman–Crippen LogP) is 3.28. The van der Waals surface area contributed by atoms with E-state index < -0.39 is 74.1 Å². The van der Waals surface area contributed by atoms with Gasteiger partial charge >= 0.3 is 12.3 Å². The van der Waals surface area contributed by atoms with Gasteiger partial charge in [0, 0.05) is 30.2 Å². The van der Waals surface area contributed by atoms with Crippen molar-refractivity contribution in [2.24, 2.45) is 5.92 Å². The molecule has 30 heavy (non-hydrogen) atoms. The van der Waals surface area contributed by atoms with E-state index in [1.54, 1.807) is 0 Å². The summed E-state index contributed by atoms with van der Waals surface area (Å²) in [4.78, 5) is 36.3. The van der Waals surface area contributed by atoms with Gasteiger partial charge in [0.2, 0.25) is 0 Å². The Morgan fingerprint density at radius 2 is 1.80 bits per heavy atom. The largest absolute Gasteiger partial charge is 0.370 e. The minimum absolute atomic E-state index is 0.0138. The third kappa shape index (κ3) is 5.25. The normalized spacial score (nSPS) is 16.4. The fraction of sp³-hybridized carbons (Fsp3) is 0.500. The lowest BCUT2D eigenvalue weighted by Gasteiger charge is -2.20. The maximum Gasteiger partial charge on any atom is 0.330 e. The summed E-state index contributed by atoms with van der Waals surface area (Å²) in [5.74, 6) is -8.22. The van der Waals surface area contributed by atoms with Crippen LogP contribution in [0.3, 0.4) is 0 Å². The molecule has 1 saturated carbocycles. The van der Waals surface area contributed by atoms with Gasteiger partial charge in [-0.15, -0.1) is 0 Å². The second-order valence-corrected chi connectivity index (χ2v) is 9.18. The number of ether oxygens (including phenoxy) is 1. The average molecular weight is 473 g/mol. The molecular weight excluding hydrogens is 456 g/mol. The molecule has 2 rings (SSSR count). The van der Waals surface area contributed by atoms with Crippen LogP contribution in [0.5, 0.6) is 0 Å². The zero-order valence-corrected chi connectivity index (χ0v) is 17.2. The number of carbonyl (C=O) groups is 3. The molecule has 0 aliphatic heterocycles. The summed E-state index contributed by atoms with van der Waals surface area (Å²) < 4.78 is 79.2. The van der Waals surface area contributed by atoms with Crippen LogP contribution < -0.4 is 0 Å². The van der Waals surface area contributed by atoms with Crippen LogP contribution >= 0.6 is 11.6 Å². The van der Waals surface area contributed by atoms with E-state index in [9.17, 15) is 40.4 Å². The van der Waals surface area contributed by atoms with Crippen molar-refractivity contribution < 1.29 is 45.1 Å². The van der Waals surface area contributed by atoms with Crippen molar-refractivity contribution >= 4 is 38.8 Å². The zero-order valence-electron chi connectivity index (χ0n) is 15.6. The van der Waals surface area contributed by atoms with E-state index in [1.165, 1.54) is 0 Å². The Labute approximate surface area is 174 Å². The Morgan fingerprint density at radius 1 is 1.23 bits per heavy atom. The molecule has 0 heterocycles. The number of hydrogen-bond acceptors (Lipinski definition) is 6. The summed E-state index contributed by atoms with van der Waals surface area (Å²) in [6.07, 6.45) is -2.89. The van der Waals surface area contributed by atoms with Gasteiger partial charge in [0.1, 0.15) is 12.5 Å². The lowest BCUT2D eigenvalue weighted by atomic mass is 9.81. The molecule has 0 amide bonds. The molecule has 0 atom stereocenters. The molecular formula is C18H17ClF4O6S. The number of hydrogen-bond donors (Lipinski definition) is 0. The first-order chi connectivity index (χ1) is 13.8. The molecule has 166 valence electrons. The number of alkyl halides is 4. The maximum absolute atomic E-state index is 13.1. The monoisotopic (exact) mass is 472 g/mol. The van der Waals surface area contributed by atoms with Gasteiger partial charge in [-0.25, -0.2) is 17.2 Å². The smallest absolute Gasteiger partial charge is 0.330 e. The van der Waals surface area contributed by atoms with Gasteiger partial charge in [0.05, 0.1) is 16.5 Å². The minimum atomic E-state index is -4.48. The molecule has 1 aliphatic rings. The van der Waals surface area contributed by atoms with E-state index in [0.29, 0.717) is 6.42 Å². The standard InChI is InChI=1S/C18H17ClF4O6S/c1-30(27,28)13-6-5-9(16(26)14-11(24)3-2-4-12(14)25)15(19)10(13)7-29-8-18(22,23)17(20)21/h5-6,14,17H,2-4,7-8H2,1H3.